The van der Waals surface area contributed by atoms with Crippen LogP contribution in [0.3, 0.4) is 0 Å². The number of nitrogens with one attached hydrogen (secondary N) is 1. The fourth-order valence-electron chi connectivity index (χ4n) is 1.73. The Labute approximate surface area is 138 Å². The molecule has 0 unspecified atom stereocenters. The minimum absolute atomic E-state index is 0.00306. The van der Waals surface area contributed by atoms with Gasteiger partial charge in [0.05, 0.1) is 10.6 Å². The Bertz CT molecular complexity index is 810. The van der Waals surface area contributed by atoms with E-state index in [1.807, 2.05) is 0 Å². The zero-order valence-electron chi connectivity index (χ0n) is 10.8. The van der Waals surface area contributed by atoms with Crippen LogP contribution < -0.4 is 10.5 Å². The van der Waals surface area contributed by atoms with E-state index in [0.717, 1.165) is 0 Å². The molecule has 0 aliphatic heterocycles. The molecule has 0 aliphatic carbocycles. The first-order valence-electron chi connectivity index (χ1n) is 5.74. The number of nitrogen functional groups attached to an aromatic ring is 1. The van der Waals surface area contributed by atoms with Gasteiger partial charge in [0.25, 0.3) is 10.0 Å². The Balaban J connectivity index is 2.48. The summed E-state index contributed by atoms with van der Waals surface area (Å²) >= 11 is 6.31. The summed E-state index contributed by atoms with van der Waals surface area (Å²) in [6, 6.07) is 7.09. The number of rotatable bonds is 3. The first-order valence-corrected chi connectivity index (χ1v) is 8.81. The smallest absolute Gasteiger partial charge is 0.262 e. The molecule has 0 aliphatic rings. The van der Waals surface area contributed by atoms with Gasteiger partial charge in [-0.1, -0.05) is 31.9 Å². The fourth-order valence-corrected chi connectivity index (χ4v) is 4.05. The van der Waals surface area contributed by atoms with Crippen molar-refractivity contribution in [2.24, 2.45) is 0 Å². The Morgan fingerprint density at radius 2 is 1.81 bits per heavy atom. The quantitative estimate of drug-likeness (QED) is 0.711. The summed E-state index contributed by atoms with van der Waals surface area (Å²) in [6.07, 6.45) is 0. The lowest BCUT2D eigenvalue weighted by atomic mass is 10.2. The van der Waals surface area contributed by atoms with Gasteiger partial charge in [-0.15, -0.1) is 0 Å². The van der Waals surface area contributed by atoms with Crippen molar-refractivity contribution in [1.29, 1.82) is 0 Å². The lowest BCUT2D eigenvalue weighted by molar-refractivity contribution is 0.598. The molecule has 0 bridgehead atoms. The van der Waals surface area contributed by atoms with Crippen LogP contribution in [0, 0.1) is 12.7 Å². The van der Waals surface area contributed by atoms with Crippen LogP contribution in [0.1, 0.15) is 5.56 Å². The van der Waals surface area contributed by atoms with Gasteiger partial charge < -0.3 is 5.73 Å². The first kappa shape index (κ1) is 16.3. The van der Waals surface area contributed by atoms with Crippen molar-refractivity contribution in [3.63, 3.8) is 0 Å². The second-order valence-corrected chi connectivity index (χ2v) is 7.83. The van der Waals surface area contributed by atoms with Crippen LogP contribution in [0.5, 0.6) is 0 Å². The molecular formula is C13H11Br2FN2O2S. The van der Waals surface area contributed by atoms with Gasteiger partial charge in [-0.05, 0) is 42.8 Å². The number of sulfonamides is 1. The van der Waals surface area contributed by atoms with E-state index in [4.69, 9.17) is 5.73 Å². The summed E-state index contributed by atoms with van der Waals surface area (Å²) in [7, 11) is -3.94. The monoisotopic (exact) mass is 436 g/mol. The summed E-state index contributed by atoms with van der Waals surface area (Å²) in [5.41, 5.74) is 6.37. The van der Waals surface area contributed by atoms with Crippen LogP contribution in [-0.2, 0) is 10.0 Å². The number of benzene rings is 2. The molecule has 0 aromatic heterocycles. The number of halogens is 3. The molecule has 0 amide bonds. The van der Waals surface area contributed by atoms with Crippen molar-refractivity contribution in [2.45, 2.75) is 11.8 Å². The minimum Gasteiger partial charge on any atom is -0.398 e. The largest absolute Gasteiger partial charge is 0.398 e. The van der Waals surface area contributed by atoms with Gasteiger partial charge >= 0.3 is 0 Å². The van der Waals surface area contributed by atoms with Gasteiger partial charge in [0, 0.05) is 14.6 Å². The van der Waals surface area contributed by atoms with Gasteiger partial charge in [-0.2, -0.15) is 0 Å². The molecule has 0 saturated carbocycles. The standard InChI is InChI=1S/C13H11Br2FN2O2S/c1-7-11(17)5-9(15)6-13(7)21(19,20)18-12-3-2-8(14)4-10(12)16/h2-6,18H,17H2,1H3. The summed E-state index contributed by atoms with van der Waals surface area (Å²) in [5.74, 6) is -0.673. The third kappa shape index (κ3) is 3.56. The van der Waals surface area contributed by atoms with Crippen molar-refractivity contribution in [3.8, 4) is 0 Å². The molecule has 2 aromatic carbocycles. The van der Waals surface area contributed by atoms with E-state index in [0.29, 0.717) is 20.2 Å². The lowest BCUT2D eigenvalue weighted by Gasteiger charge is -2.13. The first-order chi connectivity index (χ1) is 9.70. The van der Waals surface area contributed by atoms with Gasteiger partial charge in [-0.3, -0.25) is 4.72 Å². The molecule has 0 saturated heterocycles. The molecule has 0 atom stereocenters. The van der Waals surface area contributed by atoms with Gasteiger partial charge in [0.15, 0.2) is 0 Å². The number of hydrogen-bond acceptors (Lipinski definition) is 3. The van der Waals surface area contributed by atoms with E-state index in [2.05, 4.69) is 36.6 Å². The zero-order valence-corrected chi connectivity index (χ0v) is 14.8. The summed E-state index contributed by atoms with van der Waals surface area (Å²) in [6.45, 7) is 1.59. The van der Waals surface area contributed by atoms with Gasteiger partial charge in [-0.25, -0.2) is 12.8 Å². The highest BCUT2D eigenvalue weighted by Gasteiger charge is 2.20. The number of anilines is 2. The highest BCUT2D eigenvalue weighted by atomic mass is 79.9. The van der Waals surface area contributed by atoms with Crippen LogP contribution in [0.2, 0.25) is 0 Å². The molecule has 21 heavy (non-hydrogen) atoms. The second kappa shape index (κ2) is 5.94. The average Bonchev–Trinajstić information content (AvgIpc) is 2.37. The lowest BCUT2D eigenvalue weighted by Crippen LogP contribution is -2.16. The van der Waals surface area contributed by atoms with Crippen LogP contribution in [-0.4, -0.2) is 8.42 Å². The molecule has 0 radical (unpaired) electrons. The molecule has 2 rings (SSSR count). The van der Waals surface area contributed by atoms with Crippen LogP contribution in [0.4, 0.5) is 15.8 Å². The molecule has 112 valence electrons. The maximum Gasteiger partial charge on any atom is 0.262 e. The van der Waals surface area contributed by atoms with Crippen LogP contribution >= 0.6 is 31.9 Å². The predicted octanol–water partition coefficient (Wildman–Crippen LogP) is 4.04. The molecule has 0 fully saturated rings. The summed E-state index contributed by atoms with van der Waals surface area (Å²) < 4.78 is 41.8. The van der Waals surface area contributed by atoms with Crippen molar-refractivity contribution in [2.75, 3.05) is 10.5 Å². The van der Waals surface area contributed by atoms with Crippen molar-refractivity contribution >= 4 is 53.3 Å². The van der Waals surface area contributed by atoms with E-state index in [1.54, 1.807) is 19.1 Å². The molecule has 0 heterocycles. The van der Waals surface area contributed by atoms with E-state index in [-0.39, 0.29) is 10.6 Å². The Morgan fingerprint density at radius 3 is 2.43 bits per heavy atom. The zero-order chi connectivity index (χ0) is 15.8. The van der Waals surface area contributed by atoms with Crippen LogP contribution in [0.25, 0.3) is 0 Å². The van der Waals surface area contributed by atoms with Gasteiger partial charge in [0.2, 0.25) is 0 Å². The normalized spacial score (nSPS) is 11.4. The molecule has 3 N–H and O–H groups in total. The van der Waals surface area contributed by atoms with Crippen molar-refractivity contribution < 1.29 is 12.8 Å². The topological polar surface area (TPSA) is 72.2 Å². The molecule has 2 aromatic rings. The average molecular weight is 438 g/mol. The van der Waals surface area contributed by atoms with E-state index >= 15 is 0 Å². The highest BCUT2D eigenvalue weighted by Crippen LogP contribution is 2.29. The molecular weight excluding hydrogens is 427 g/mol. The SMILES string of the molecule is Cc1c(N)cc(Br)cc1S(=O)(=O)Nc1ccc(Br)cc1F. The van der Waals surface area contributed by atoms with Gasteiger partial charge in [0.1, 0.15) is 5.82 Å². The number of hydrogen-bond donors (Lipinski definition) is 2. The van der Waals surface area contributed by atoms with Crippen molar-refractivity contribution in [3.05, 3.63) is 50.7 Å². The fraction of sp³-hybridized carbons (Fsp3) is 0.0769. The van der Waals surface area contributed by atoms with Crippen LogP contribution in [0.15, 0.2) is 44.2 Å². The Kier molecular flexibility index (Phi) is 4.60. The third-order valence-electron chi connectivity index (χ3n) is 2.83. The second-order valence-electron chi connectivity index (χ2n) is 4.35. The molecule has 8 heteroatoms. The Morgan fingerprint density at radius 1 is 1.14 bits per heavy atom. The number of nitrogens with two attached hydrogens (primary N) is 1. The highest BCUT2D eigenvalue weighted by molar-refractivity contribution is 9.10. The maximum atomic E-state index is 13.8. The van der Waals surface area contributed by atoms with Crippen molar-refractivity contribution in [1.82, 2.24) is 0 Å². The molecule has 0 spiro atoms. The minimum atomic E-state index is -3.94. The Hall–Kier alpha value is -1.12. The van der Waals surface area contributed by atoms with E-state index < -0.39 is 15.8 Å². The summed E-state index contributed by atoms with van der Waals surface area (Å²) in [5, 5.41) is 0. The molecule has 4 nitrogen and oxygen atoms in total. The maximum absolute atomic E-state index is 13.8. The summed E-state index contributed by atoms with van der Waals surface area (Å²) in [4.78, 5) is -0.00306. The van der Waals surface area contributed by atoms with E-state index in [1.165, 1.54) is 18.2 Å². The van der Waals surface area contributed by atoms with E-state index in [9.17, 15) is 12.8 Å². The predicted molar refractivity (Wildman–Crippen MR) is 88.2 cm³/mol. The third-order valence-corrected chi connectivity index (χ3v) is 5.27.